The highest BCUT2D eigenvalue weighted by molar-refractivity contribution is 6.01. The van der Waals surface area contributed by atoms with Gasteiger partial charge in [-0.15, -0.1) is 0 Å². The second-order valence-electron chi connectivity index (χ2n) is 8.24. The molecule has 2 amide bonds. The van der Waals surface area contributed by atoms with E-state index >= 15 is 0 Å². The van der Waals surface area contributed by atoms with Crippen LogP contribution in [0.1, 0.15) is 41.7 Å². The van der Waals surface area contributed by atoms with Crippen molar-refractivity contribution < 1.29 is 23.5 Å². The van der Waals surface area contributed by atoms with Gasteiger partial charge < -0.3 is 29.0 Å². The molecule has 4 rings (SSSR count). The van der Waals surface area contributed by atoms with E-state index < -0.39 is 12.3 Å². The molecule has 0 saturated heterocycles. The molecule has 1 aliphatic rings. The van der Waals surface area contributed by atoms with Crippen LogP contribution in [0.2, 0.25) is 0 Å². The predicted octanol–water partition coefficient (Wildman–Crippen LogP) is 4.30. The second kappa shape index (κ2) is 9.91. The highest BCUT2D eigenvalue weighted by Gasteiger charge is 2.34. The summed E-state index contributed by atoms with van der Waals surface area (Å²) in [6, 6.07) is 16.6. The molecule has 0 bridgehead atoms. The first kappa shape index (κ1) is 23.2. The first-order valence-electron chi connectivity index (χ1n) is 11.2. The van der Waals surface area contributed by atoms with E-state index in [4.69, 9.17) is 13.9 Å². The number of rotatable bonds is 8. The van der Waals surface area contributed by atoms with Crippen LogP contribution in [-0.4, -0.2) is 48.4 Å². The van der Waals surface area contributed by atoms with Crippen molar-refractivity contribution >= 4 is 17.5 Å². The van der Waals surface area contributed by atoms with Crippen LogP contribution in [-0.2, 0) is 11.3 Å². The van der Waals surface area contributed by atoms with E-state index in [0.29, 0.717) is 36.0 Å². The largest absolute Gasteiger partial charge is 0.490 e. The van der Waals surface area contributed by atoms with Gasteiger partial charge in [0.25, 0.3) is 11.8 Å². The molecule has 0 aliphatic carbocycles. The van der Waals surface area contributed by atoms with Crippen LogP contribution in [0.4, 0.5) is 5.69 Å². The smallest absolute Gasteiger partial charge is 0.262 e. The number of carbonyl (C=O) groups is 2. The molecule has 2 aromatic carbocycles. The molecule has 8 nitrogen and oxygen atoms in total. The standard InChI is InChI=1S/C26H29N3O5/c1-5-32-23-15-18(12-13-22(23)34-17(2)25(30)28(3)4)24-27-21-11-7-6-10-20(21)26(31)29(24)16-19-9-8-14-33-19/h6-15,17,24,27H,5,16H2,1-4H3. The van der Waals surface area contributed by atoms with Crippen molar-refractivity contribution in [2.75, 3.05) is 26.0 Å². The van der Waals surface area contributed by atoms with Crippen LogP contribution in [0, 0.1) is 0 Å². The molecule has 2 heterocycles. The normalized spacial score (nSPS) is 15.8. The maximum atomic E-state index is 13.4. The number of benzene rings is 2. The fourth-order valence-corrected chi connectivity index (χ4v) is 3.95. The van der Waals surface area contributed by atoms with Crippen molar-refractivity contribution in [2.24, 2.45) is 0 Å². The minimum atomic E-state index is -0.670. The Morgan fingerprint density at radius 3 is 2.65 bits per heavy atom. The van der Waals surface area contributed by atoms with Crippen molar-refractivity contribution in [1.82, 2.24) is 9.80 Å². The van der Waals surface area contributed by atoms with Gasteiger partial charge in [0.05, 0.1) is 25.0 Å². The minimum Gasteiger partial charge on any atom is -0.490 e. The molecule has 1 aromatic heterocycles. The van der Waals surface area contributed by atoms with Crippen molar-refractivity contribution in [3.05, 3.63) is 77.7 Å². The maximum Gasteiger partial charge on any atom is 0.262 e. The number of furan rings is 1. The number of nitrogens with zero attached hydrogens (tertiary/aromatic N) is 2. The summed E-state index contributed by atoms with van der Waals surface area (Å²) < 4.78 is 17.3. The van der Waals surface area contributed by atoms with Gasteiger partial charge in [-0.3, -0.25) is 9.59 Å². The number of nitrogens with one attached hydrogen (secondary N) is 1. The Labute approximate surface area is 199 Å². The molecule has 8 heteroatoms. The van der Waals surface area contributed by atoms with Crippen LogP contribution in [0.25, 0.3) is 0 Å². The van der Waals surface area contributed by atoms with Gasteiger partial charge in [0.2, 0.25) is 0 Å². The van der Waals surface area contributed by atoms with E-state index in [0.717, 1.165) is 11.3 Å². The van der Waals surface area contributed by atoms with Gasteiger partial charge in [-0.1, -0.05) is 18.2 Å². The zero-order chi connectivity index (χ0) is 24.2. The van der Waals surface area contributed by atoms with Gasteiger partial charge in [0.15, 0.2) is 17.6 Å². The van der Waals surface area contributed by atoms with Gasteiger partial charge in [-0.25, -0.2) is 0 Å². The van der Waals surface area contributed by atoms with Crippen molar-refractivity contribution in [1.29, 1.82) is 0 Å². The Kier molecular flexibility index (Phi) is 6.77. The molecule has 1 N–H and O–H groups in total. The molecule has 0 fully saturated rings. The molecule has 2 atom stereocenters. The first-order chi connectivity index (χ1) is 16.4. The van der Waals surface area contributed by atoms with E-state index in [1.807, 2.05) is 49.4 Å². The fourth-order valence-electron chi connectivity index (χ4n) is 3.95. The van der Waals surface area contributed by atoms with Crippen molar-refractivity contribution in [3.63, 3.8) is 0 Å². The highest BCUT2D eigenvalue weighted by atomic mass is 16.5. The van der Waals surface area contributed by atoms with E-state index in [9.17, 15) is 9.59 Å². The summed E-state index contributed by atoms with van der Waals surface area (Å²) in [5.74, 6) is 1.41. The van der Waals surface area contributed by atoms with E-state index in [1.165, 1.54) is 4.90 Å². The van der Waals surface area contributed by atoms with Crippen LogP contribution < -0.4 is 14.8 Å². The minimum absolute atomic E-state index is 0.0979. The number of fused-ring (bicyclic) bond motifs is 1. The third-order valence-corrected chi connectivity index (χ3v) is 5.60. The Morgan fingerprint density at radius 2 is 1.94 bits per heavy atom. The summed E-state index contributed by atoms with van der Waals surface area (Å²) in [4.78, 5) is 28.9. The molecule has 34 heavy (non-hydrogen) atoms. The lowest BCUT2D eigenvalue weighted by molar-refractivity contribution is -0.135. The Bertz CT molecular complexity index is 1160. The highest BCUT2D eigenvalue weighted by Crippen LogP contribution is 2.38. The zero-order valence-electron chi connectivity index (χ0n) is 19.8. The maximum absolute atomic E-state index is 13.4. The molecule has 0 spiro atoms. The lowest BCUT2D eigenvalue weighted by atomic mass is 10.0. The fraction of sp³-hybridized carbons (Fsp3) is 0.308. The Morgan fingerprint density at radius 1 is 1.15 bits per heavy atom. The molecular weight excluding hydrogens is 434 g/mol. The Hall–Kier alpha value is -3.94. The van der Waals surface area contributed by atoms with Crippen molar-refractivity contribution in [2.45, 2.75) is 32.7 Å². The summed E-state index contributed by atoms with van der Waals surface area (Å²) in [6.45, 7) is 4.31. The molecule has 2 unspecified atom stereocenters. The van der Waals surface area contributed by atoms with Gasteiger partial charge in [-0.05, 0) is 55.8 Å². The summed E-state index contributed by atoms with van der Waals surface area (Å²) in [5, 5.41) is 3.48. The van der Waals surface area contributed by atoms with E-state index in [2.05, 4.69) is 5.32 Å². The molecule has 1 aliphatic heterocycles. The SMILES string of the molecule is CCOc1cc(C2Nc3ccccc3C(=O)N2Cc2ccco2)ccc1OC(C)C(=O)N(C)C. The predicted molar refractivity (Wildman–Crippen MR) is 128 cm³/mol. The summed E-state index contributed by atoms with van der Waals surface area (Å²) in [7, 11) is 3.37. The third kappa shape index (κ3) is 4.71. The lowest BCUT2D eigenvalue weighted by Gasteiger charge is -2.38. The number of likely N-dealkylation sites (N-methyl/N-ethyl adjacent to an activating group) is 1. The van der Waals surface area contributed by atoms with Gasteiger partial charge in [-0.2, -0.15) is 0 Å². The summed E-state index contributed by atoms with van der Waals surface area (Å²) >= 11 is 0. The van der Waals surface area contributed by atoms with Crippen LogP contribution in [0.15, 0.2) is 65.3 Å². The van der Waals surface area contributed by atoms with Crippen molar-refractivity contribution in [3.8, 4) is 11.5 Å². The number of para-hydroxylation sites is 1. The average molecular weight is 464 g/mol. The van der Waals surface area contributed by atoms with Crippen LogP contribution in [0.3, 0.4) is 0 Å². The number of anilines is 1. The number of amides is 2. The molecular formula is C26H29N3O5. The summed E-state index contributed by atoms with van der Waals surface area (Å²) in [6.07, 6.45) is 0.466. The number of carbonyl (C=O) groups excluding carboxylic acids is 2. The quantitative estimate of drug-likeness (QED) is 0.536. The monoisotopic (exact) mass is 463 g/mol. The van der Waals surface area contributed by atoms with E-state index in [-0.39, 0.29) is 11.8 Å². The third-order valence-electron chi connectivity index (χ3n) is 5.60. The van der Waals surface area contributed by atoms with Gasteiger partial charge in [0.1, 0.15) is 11.9 Å². The second-order valence-corrected chi connectivity index (χ2v) is 8.24. The average Bonchev–Trinajstić information content (AvgIpc) is 3.34. The summed E-state index contributed by atoms with van der Waals surface area (Å²) in [5.41, 5.74) is 2.18. The van der Waals surface area contributed by atoms with Gasteiger partial charge in [0, 0.05) is 19.8 Å². The molecule has 178 valence electrons. The molecule has 0 radical (unpaired) electrons. The zero-order valence-corrected chi connectivity index (χ0v) is 19.8. The Balaban J connectivity index is 1.69. The molecule has 0 saturated carbocycles. The van der Waals surface area contributed by atoms with E-state index in [1.54, 1.807) is 44.3 Å². The van der Waals surface area contributed by atoms with Crippen LogP contribution >= 0.6 is 0 Å². The number of hydrogen-bond acceptors (Lipinski definition) is 6. The lowest BCUT2D eigenvalue weighted by Crippen LogP contribution is -2.42. The number of hydrogen-bond donors (Lipinski definition) is 1. The topological polar surface area (TPSA) is 84.2 Å². The molecule has 3 aromatic rings. The van der Waals surface area contributed by atoms with Gasteiger partial charge >= 0.3 is 0 Å². The first-order valence-corrected chi connectivity index (χ1v) is 11.2. The number of ether oxygens (including phenoxy) is 2. The van der Waals surface area contributed by atoms with Crippen LogP contribution in [0.5, 0.6) is 11.5 Å².